The fourth-order valence-electron chi connectivity index (χ4n) is 3.88. The number of anilines is 1. The van der Waals surface area contributed by atoms with Crippen LogP contribution in [0, 0.1) is 4.91 Å². The second-order valence-electron chi connectivity index (χ2n) is 8.58. The van der Waals surface area contributed by atoms with Crippen LogP contribution in [0.25, 0.3) is 0 Å². The lowest BCUT2D eigenvalue weighted by Crippen LogP contribution is -2.04. The Morgan fingerprint density at radius 2 is 1.32 bits per heavy atom. The second kappa shape index (κ2) is 20.3. The molecule has 0 atom stereocenters. The summed E-state index contributed by atoms with van der Waals surface area (Å²) in [5.41, 5.74) is 1.18. The van der Waals surface area contributed by atoms with Crippen molar-refractivity contribution in [2.75, 3.05) is 25.1 Å². The van der Waals surface area contributed by atoms with Gasteiger partial charge in [-0.1, -0.05) is 103 Å². The van der Waals surface area contributed by atoms with Gasteiger partial charge in [0.1, 0.15) is 12.3 Å². The molecule has 31 heavy (non-hydrogen) atoms. The van der Waals surface area contributed by atoms with Crippen LogP contribution < -0.4 is 10.1 Å². The van der Waals surface area contributed by atoms with Gasteiger partial charge in [-0.05, 0) is 23.7 Å². The van der Waals surface area contributed by atoms with Crippen molar-refractivity contribution in [2.45, 2.75) is 110 Å². The molecule has 5 nitrogen and oxygen atoms in total. The summed E-state index contributed by atoms with van der Waals surface area (Å²) in [6.07, 6.45) is 22.0. The van der Waals surface area contributed by atoms with E-state index in [1.807, 2.05) is 6.07 Å². The van der Waals surface area contributed by atoms with Gasteiger partial charge in [0.25, 0.3) is 0 Å². The summed E-state index contributed by atoms with van der Waals surface area (Å²) in [4.78, 5) is 10.8. The van der Waals surface area contributed by atoms with Gasteiger partial charge >= 0.3 is 0 Å². The number of hydrogen-bond acceptors (Lipinski definition) is 5. The van der Waals surface area contributed by atoms with Crippen LogP contribution in [0.3, 0.4) is 0 Å². The van der Waals surface area contributed by atoms with Gasteiger partial charge < -0.3 is 15.2 Å². The van der Waals surface area contributed by atoms with Crippen molar-refractivity contribution < 1.29 is 9.84 Å². The zero-order valence-electron chi connectivity index (χ0n) is 19.9. The maximum atomic E-state index is 10.8. The van der Waals surface area contributed by atoms with Gasteiger partial charge in [0.15, 0.2) is 5.75 Å². The Labute approximate surface area is 190 Å². The number of hydrogen-bond donors (Lipinski definition) is 2. The minimum atomic E-state index is -0.0881. The first kappa shape index (κ1) is 27.4. The molecule has 0 saturated heterocycles. The van der Waals surface area contributed by atoms with Crippen molar-refractivity contribution in [3.05, 3.63) is 23.1 Å². The Hall–Kier alpha value is -1.62. The zero-order chi connectivity index (χ0) is 22.4. The fraction of sp³-hybridized carbons (Fsp3) is 0.769. The molecular weight excluding hydrogens is 388 g/mol. The van der Waals surface area contributed by atoms with Crippen molar-refractivity contribution in [1.82, 2.24) is 0 Å². The first-order chi connectivity index (χ1) is 15.3. The summed E-state index contributed by atoms with van der Waals surface area (Å²) in [6.45, 7) is 3.26. The van der Waals surface area contributed by atoms with Gasteiger partial charge in [-0.3, -0.25) is 0 Å². The fourth-order valence-corrected chi connectivity index (χ4v) is 3.88. The largest absolute Gasteiger partial charge is 0.489 e. The van der Waals surface area contributed by atoms with E-state index in [4.69, 9.17) is 9.84 Å². The van der Waals surface area contributed by atoms with Crippen LogP contribution in [-0.4, -0.2) is 24.9 Å². The SMILES string of the molecule is CCCCCCCCCCCCCCCCCCNc1ccc(N=O)c(OCCO)c1. The van der Waals surface area contributed by atoms with E-state index in [1.165, 1.54) is 96.3 Å². The highest BCUT2D eigenvalue weighted by atomic mass is 16.5. The highest BCUT2D eigenvalue weighted by Crippen LogP contribution is 2.30. The normalized spacial score (nSPS) is 10.9. The Kier molecular flexibility index (Phi) is 17.9. The summed E-state index contributed by atoms with van der Waals surface area (Å²) in [7, 11) is 0. The van der Waals surface area contributed by atoms with Crippen LogP contribution in [0.2, 0.25) is 0 Å². The third-order valence-electron chi connectivity index (χ3n) is 5.77. The number of unbranched alkanes of at least 4 members (excludes halogenated alkanes) is 15. The molecule has 0 aromatic heterocycles. The van der Waals surface area contributed by atoms with Crippen LogP contribution in [-0.2, 0) is 0 Å². The number of rotatable bonds is 22. The van der Waals surface area contributed by atoms with Gasteiger partial charge in [-0.25, -0.2) is 0 Å². The van der Waals surface area contributed by atoms with Gasteiger partial charge in [-0.15, -0.1) is 4.91 Å². The standard InChI is InChI=1S/C26H46N2O3/c1-2-3-4-5-6-7-8-9-10-11-12-13-14-15-16-17-20-27-24-18-19-25(28-30)26(23-24)31-22-21-29/h18-19,23,27,29H,2-17,20-22H2,1H3. The van der Waals surface area contributed by atoms with Crippen molar-refractivity contribution in [1.29, 1.82) is 0 Å². The van der Waals surface area contributed by atoms with Crippen LogP contribution >= 0.6 is 0 Å². The molecule has 0 aliphatic heterocycles. The average molecular weight is 435 g/mol. The third kappa shape index (κ3) is 14.9. The molecule has 0 spiro atoms. The van der Waals surface area contributed by atoms with Crippen LogP contribution in [0.1, 0.15) is 110 Å². The number of benzene rings is 1. The van der Waals surface area contributed by atoms with Crippen molar-refractivity contribution in [2.24, 2.45) is 5.18 Å². The summed E-state index contributed by atoms with van der Waals surface area (Å²) >= 11 is 0. The highest BCUT2D eigenvalue weighted by Gasteiger charge is 2.05. The van der Waals surface area contributed by atoms with E-state index in [9.17, 15) is 4.91 Å². The molecule has 5 heteroatoms. The molecule has 0 heterocycles. The minimum Gasteiger partial charge on any atom is -0.489 e. The maximum Gasteiger partial charge on any atom is 0.150 e. The first-order valence-electron chi connectivity index (χ1n) is 12.8. The molecule has 0 radical (unpaired) electrons. The smallest absolute Gasteiger partial charge is 0.150 e. The van der Waals surface area contributed by atoms with Gasteiger partial charge in [-0.2, -0.15) is 0 Å². The number of nitrogens with zero attached hydrogens (tertiary/aromatic N) is 1. The highest BCUT2D eigenvalue weighted by molar-refractivity contribution is 5.60. The molecule has 1 aromatic carbocycles. The molecule has 0 amide bonds. The van der Waals surface area contributed by atoms with Crippen molar-refractivity contribution in [3.63, 3.8) is 0 Å². The predicted molar refractivity (Wildman–Crippen MR) is 133 cm³/mol. The Bertz CT molecular complexity index is 551. The molecule has 2 N–H and O–H groups in total. The van der Waals surface area contributed by atoms with E-state index in [2.05, 4.69) is 17.4 Å². The number of ether oxygens (including phenoxy) is 1. The zero-order valence-corrected chi connectivity index (χ0v) is 19.9. The molecule has 0 unspecified atom stereocenters. The predicted octanol–water partition coefficient (Wildman–Crippen LogP) is 8.13. The van der Waals surface area contributed by atoms with E-state index in [-0.39, 0.29) is 18.9 Å². The molecule has 0 aliphatic rings. The summed E-state index contributed by atoms with van der Waals surface area (Å²) in [5, 5.41) is 15.2. The second-order valence-corrected chi connectivity index (χ2v) is 8.58. The molecule has 178 valence electrons. The van der Waals surface area contributed by atoms with Gasteiger partial charge in [0, 0.05) is 18.3 Å². The Morgan fingerprint density at radius 3 is 1.81 bits per heavy atom. The van der Waals surface area contributed by atoms with Crippen LogP contribution in [0.15, 0.2) is 23.4 Å². The van der Waals surface area contributed by atoms with Crippen LogP contribution in [0.5, 0.6) is 5.75 Å². The van der Waals surface area contributed by atoms with E-state index in [1.54, 1.807) is 12.1 Å². The lowest BCUT2D eigenvalue weighted by Gasteiger charge is -2.10. The lowest BCUT2D eigenvalue weighted by molar-refractivity contribution is 0.202. The number of nitroso groups, excluding NO2 is 1. The van der Waals surface area contributed by atoms with E-state index >= 15 is 0 Å². The summed E-state index contributed by atoms with van der Waals surface area (Å²) < 4.78 is 5.37. The van der Waals surface area contributed by atoms with Crippen molar-refractivity contribution in [3.8, 4) is 5.75 Å². The molecule has 0 saturated carbocycles. The molecule has 0 fully saturated rings. The van der Waals surface area contributed by atoms with E-state index < -0.39 is 0 Å². The third-order valence-corrected chi connectivity index (χ3v) is 5.77. The number of nitrogens with one attached hydrogen (secondary N) is 1. The molecule has 0 aliphatic carbocycles. The van der Waals surface area contributed by atoms with E-state index in [0.717, 1.165) is 18.7 Å². The van der Waals surface area contributed by atoms with E-state index in [0.29, 0.717) is 5.75 Å². The number of aliphatic hydroxyl groups is 1. The Morgan fingerprint density at radius 1 is 0.806 bits per heavy atom. The molecule has 1 rings (SSSR count). The lowest BCUT2D eigenvalue weighted by atomic mass is 10.0. The monoisotopic (exact) mass is 434 g/mol. The van der Waals surface area contributed by atoms with Crippen LogP contribution in [0.4, 0.5) is 11.4 Å². The average Bonchev–Trinajstić information content (AvgIpc) is 2.79. The topological polar surface area (TPSA) is 70.9 Å². The first-order valence-corrected chi connectivity index (χ1v) is 12.8. The summed E-state index contributed by atoms with van der Waals surface area (Å²) in [6, 6.07) is 5.27. The van der Waals surface area contributed by atoms with Crippen molar-refractivity contribution >= 4 is 11.4 Å². The van der Waals surface area contributed by atoms with Gasteiger partial charge in [0.05, 0.1) is 6.61 Å². The van der Waals surface area contributed by atoms with Gasteiger partial charge in [0.2, 0.25) is 0 Å². The minimum absolute atomic E-state index is 0.0881. The number of aliphatic hydroxyl groups excluding tert-OH is 1. The quantitative estimate of drug-likeness (QED) is 0.143. The molecular formula is C26H46N2O3. The Balaban J connectivity index is 1.92. The summed E-state index contributed by atoms with van der Waals surface area (Å²) in [5.74, 6) is 0.418. The maximum absolute atomic E-state index is 10.8. The molecule has 0 bridgehead atoms. The molecule has 1 aromatic rings.